The second-order valence-corrected chi connectivity index (χ2v) is 6.27. The van der Waals surface area contributed by atoms with E-state index < -0.39 is 5.97 Å². The highest BCUT2D eigenvalue weighted by molar-refractivity contribution is 5.97. The van der Waals surface area contributed by atoms with Gasteiger partial charge in [-0.05, 0) is 36.4 Å². The van der Waals surface area contributed by atoms with Crippen molar-refractivity contribution in [2.75, 3.05) is 32.7 Å². The van der Waals surface area contributed by atoms with Gasteiger partial charge in [-0.3, -0.25) is 10.1 Å². The molecule has 0 aliphatic heterocycles. The number of rotatable bonds is 7. The molecule has 1 amide bonds. The first kappa shape index (κ1) is 19.4. The first-order chi connectivity index (χ1) is 14.6. The van der Waals surface area contributed by atoms with Gasteiger partial charge in [-0.1, -0.05) is 0 Å². The van der Waals surface area contributed by atoms with Crippen molar-refractivity contribution in [3.05, 3.63) is 47.5 Å². The van der Waals surface area contributed by atoms with Gasteiger partial charge in [0, 0.05) is 19.2 Å². The van der Waals surface area contributed by atoms with Crippen LogP contribution in [0.3, 0.4) is 0 Å². The predicted molar refractivity (Wildman–Crippen MR) is 107 cm³/mol. The van der Waals surface area contributed by atoms with Crippen LogP contribution in [0.2, 0.25) is 0 Å². The van der Waals surface area contributed by atoms with E-state index in [2.05, 4.69) is 20.6 Å². The molecule has 10 heteroatoms. The van der Waals surface area contributed by atoms with Gasteiger partial charge in [0.05, 0.1) is 19.3 Å². The number of hydrogen-bond donors (Lipinski definition) is 2. The molecule has 154 valence electrons. The molecule has 0 saturated heterocycles. The van der Waals surface area contributed by atoms with Gasteiger partial charge in [-0.25, -0.2) is 4.79 Å². The fourth-order valence-corrected chi connectivity index (χ4v) is 2.81. The van der Waals surface area contributed by atoms with Crippen molar-refractivity contribution in [2.24, 2.45) is 0 Å². The molecule has 0 spiro atoms. The zero-order chi connectivity index (χ0) is 21.1. The Labute approximate surface area is 170 Å². The molecule has 2 heterocycles. The van der Waals surface area contributed by atoms with E-state index in [1.165, 1.54) is 7.11 Å². The van der Waals surface area contributed by atoms with Crippen LogP contribution in [0, 0.1) is 0 Å². The van der Waals surface area contributed by atoms with Gasteiger partial charge in [-0.2, -0.15) is 9.97 Å². The van der Waals surface area contributed by atoms with E-state index in [0.717, 1.165) is 0 Å². The molecule has 2 N–H and O–H groups in total. The third-order valence-electron chi connectivity index (χ3n) is 4.26. The SMILES string of the molecule is COCCNC(=O)c1ccc2oc(Nc3nc4cc(C(=O)OC)ccc4o3)nc2c1. The molecule has 2 aromatic heterocycles. The second kappa shape index (κ2) is 8.21. The van der Waals surface area contributed by atoms with Crippen molar-refractivity contribution in [3.63, 3.8) is 0 Å². The molecule has 0 aliphatic carbocycles. The van der Waals surface area contributed by atoms with Crippen LogP contribution in [0.1, 0.15) is 20.7 Å². The van der Waals surface area contributed by atoms with Crippen LogP contribution in [0.25, 0.3) is 22.2 Å². The number of ether oxygens (including phenoxy) is 2. The molecule has 4 rings (SSSR count). The summed E-state index contributed by atoms with van der Waals surface area (Å²) in [5, 5.41) is 5.59. The lowest BCUT2D eigenvalue weighted by Crippen LogP contribution is -2.26. The molecule has 0 saturated carbocycles. The summed E-state index contributed by atoms with van der Waals surface area (Å²) in [5.41, 5.74) is 2.78. The number of methoxy groups -OCH3 is 2. The maximum absolute atomic E-state index is 12.2. The van der Waals surface area contributed by atoms with Gasteiger partial charge in [0.25, 0.3) is 5.91 Å². The van der Waals surface area contributed by atoms with Gasteiger partial charge in [0.1, 0.15) is 11.0 Å². The number of benzene rings is 2. The van der Waals surface area contributed by atoms with Crippen LogP contribution in [-0.4, -0.2) is 49.2 Å². The number of anilines is 2. The molecule has 2 aromatic carbocycles. The molecule has 0 bridgehead atoms. The summed E-state index contributed by atoms with van der Waals surface area (Å²) in [4.78, 5) is 32.4. The minimum Gasteiger partial charge on any atom is -0.465 e. The van der Waals surface area contributed by atoms with E-state index in [9.17, 15) is 9.59 Å². The summed E-state index contributed by atoms with van der Waals surface area (Å²) >= 11 is 0. The van der Waals surface area contributed by atoms with E-state index in [4.69, 9.17) is 18.3 Å². The lowest BCUT2D eigenvalue weighted by atomic mass is 10.2. The molecule has 10 nitrogen and oxygen atoms in total. The number of nitrogens with one attached hydrogen (secondary N) is 2. The van der Waals surface area contributed by atoms with E-state index in [1.54, 1.807) is 43.5 Å². The van der Waals surface area contributed by atoms with Crippen molar-refractivity contribution < 1.29 is 27.9 Å². The Morgan fingerprint density at radius 3 is 2.13 bits per heavy atom. The highest BCUT2D eigenvalue weighted by atomic mass is 16.5. The number of carbonyl (C=O) groups is 2. The van der Waals surface area contributed by atoms with Crippen LogP contribution < -0.4 is 10.6 Å². The lowest BCUT2D eigenvalue weighted by molar-refractivity contribution is 0.0600. The van der Waals surface area contributed by atoms with Crippen molar-refractivity contribution in [1.29, 1.82) is 0 Å². The number of amides is 1. The van der Waals surface area contributed by atoms with Gasteiger partial charge in [0.2, 0.25) is 0 Å². The topological polar surface area (TPSA) is 129 Å². The minimum atomic E-state index is -0.463. The average Bonchev–Trinajstić information content (AvgIpc) is 3.34. The summed E-state index contributed by atoms with van der Waals surface area (Å²) < 4.78 is 20.9. The van der Waals surface area contributed by atoms with Crippen molar-refractivity contribution in [2.45, 2.75) is 0 Å². The third-order valence-corrected chi connectivity index (χ3v) is 4.26. The number of aromatic nitrogens is 2. The molecule has 0 fully saturated rings. The maximum Gasteiger partial charge on any atom is 0.337 e. The Kier molecular flexibility index (Phi) is 5.31. The van der Waals surface area contributed by atoms with Gasteiger partial charge < -0.3 is 23.6 Å². The Hall–Kier alpha value is -3.92. The fraction of sp³-hybridized carbons (Fsp3) is 0.200. The Bertz CT molecular complexity index is 1230. The zero-order valence-corrected chi connectivity index (χ0v) is 16.2. The molecule has 0 atom stereocenters. The van der Waals surface area contributed by atoms with Crippen LogP contribution in [0.5, 0.6) is 0 Å². The fourth-order valence-electron chi connectivity index (χ4n) is 2.81. The molecular formula is C20H18N4O6. The second-order valence-electron chi connectivity index (χ2n) is 6.27. The normalized spacial score (nSPS) is 11.0. The first-order valence-electron chi connectivity index (χ1n) is 9.01. The number of oxazole rings is 2. The van der Waals surface area contributed by atoms with Gasteiger partial charge >= 0.3 is 18.0 Å². The monoisotopic (exact) mass is 410 g/mol. The smallest absolute Gasteiger partial charge is 0.337 e. The summed E-state index contributed by atoms with van der Waals surface area (Å²) in [6.45, 7) is 0.839. The predicted octanol–water partition coefficient (Wildman–Crippen LogP) is 2.88. The Morgan fingerprint density at radius 1 is 0.933 bits per heavy atom. The molecule has 4 aromatic rings. The zero-order valence-electron chi connectivity index (χ0n) is 16.2. The van der Waals surface area contributed by atoms with E-state index in [1.807, 2.05) is 0 Å². The first-order valence-corrected chi connectivity index (χ1v) is 9.01. The van der Waals surface area contributed by atoms with Gasteiger partial charge in [-0.15, -0.1) is 0 Å². The minimum absolute atomic E-state index is 0.149. The maximum atomic E-state index is 12.2. The number of carbonyl (C=O) groups excluding carboxylic acids is 2. The van der Waals surface area contributed by atoms with Crippen LogP contribution >= 0.6 is 0 Å². The lowest BCUT2D eigenvalue weighted by Gasteiger charge is -2.03. The van der Waals surface area contributed by atoms with E-state index in [-0.39, 0.29) is 17.9 Å². The molecular weight excluding hydrogens is 392 g/mol. The highest BCUT2D eigenvalue weighted by Gasteiger charge is 2.14. The standard InChI is InChI=1S/C20H18N4O6/c1-27-8-7-21-17(25)11-3-5-15-13(9-11)22-19(29-15)24-20-23-14-10-12(18(26)28-2)4-6-16(14)30-20/h3-6,9-10H,7-8H2,1-2H3,(H,21,25)(H,22,23,24). The number of esters is 1. The molecule has 0 aliphatic rings. The van der Waals surface area contributed by atoms with Crippen LogP contribution in [0.15, 0.2) is 45.2 Å². The Balaban J connectivity index is 1.53. The van der Waals surface area contributed by atoms with Crippen molar-refractivity contribution in [1.82, 2.24) is 15.3 Å². The number of fused-ring (bicyclic) bond motifs is 2. The quantitative estimate of drug-likeness (QED) is 0.349. The van der Waals surface area contributed by atoms with Crippen LogP contribution in [0.4, 0.5) is 12.0 Å². The van der Waals surface area contributed by atoms with Gasteiger partial charge in [0.15, 0.2) is 11.2 Å². The third kappa shape index (κ3) is 3.94. The molecule has 0 radical (unpaired) electrons. The van der Waals surface area contributed by atoms with E-state index in [0.29, 0.717) is 46.5 Å². The summed E-state index contributed by atoms with van der Waals surface area (Å²) in [6, 6.07) is 10.0. The number of nitrogens with zero attached hydrogens (tertiary/aromatic N) is 2. The largest absolute Gasteiger partial charge is 0.465 e. The van der Waals surface area contributed by atoms with Crippen molar-refractivity contribution >= 4 is 46.1 Å². The van der Waals surface area contributed by atoms with E-state index >= 15 is 0 Å². The summed E-state index contributed by atoms with van der Waals surface area (Å²) in [6.07, 6.45) is 0. The van der Waals surface area contributed by atoms with Crippen LogP contribution in [-0.2, 0) is 9.47 Å². The average molecular weight is 410 g/mol. The number of hydrogen-bond acceptors (Lipinski definition) is 9. The summed E-state index contributed by atoms with van der Waals surface area (Å²) in [7, 11) is 2.88. The Morgan fingerprint density at radius 2 is 1.53 bits per heavy atom. The van der Waals surface area contributed by atoms with Crippen molar-refractivity contribution in [3.8, 4) is 0 Å². The summed E-state index contributed by atoms with van der Waals surface area (Å²) in [5.74, 6) is -0.692. The molecule has 0 unspecified atom stereocenters. The highest BCUT2D eigenvalue weighted by Crippen LogP contribution is 2.26. The molecule has 30 heavy (non-hydrogen) atoms.